The van der Waals surface area contributed by atoms with Crippen LogP contribution in [0.3, 0.4) is 0 Å². The summed E-state index contributed by atoms with van der Waals surface area (Å²) in [5.41, 5.74) is 8.43. The number of ether oxygens (including phenoxy) is 1. The minimum Gasteiger partial charge on any atom is -0.489 e. The number of nitrogens with zero attached hydrogens (tertiary/aromatic N) is 5. The van der Waals surface area contributed by atoms with Gasteiger partial charge in [-0.2, -0.15) is 0 Å². The van der Waals surface area contributed by atoms with Gasteiger partial charge in [0.1, 0.15) is 24.2 Å². The van der Waals surface area contributed by atoms with Gasteiger partial charge in [0.05, 0.1) is 11.7 Å². The van der Waals surface area contributed by atoms with E-state index in [4.69, 9.17) is 10.5 Å². The summed E-state index contributed by atoms with van der Waals surface area (Å²) in [6, 6.07) is 16.9. The van der Waals surface area contributed by atoms with E-state index in [0.29, 0.717) is 43.0 Å². The molecule has 2 aromatic carbocycles. The summed E-state index contributed by atoms with van der Waals surface area (Å²) in [6.45, 7) is 2.93. The number of amides is 1. The molecule has 0 radical (unpaired) electrons. The van der Waals surface area contributed by atoms with Gasteiger partial charge in [-0.15, -0.1) is 0 Å². The zero-order valence-electron chi connectivity index (χ0n) is 19.2. The summed E-state index contributed by atoms with van der Waals surface area (Å²) in [5.74, 6) is 5.96. The van der Waals surface area contributed by atoms with E-state index in [-0.39, 0.29) is 23.5 Å². The van der Waals surface area contributed by atoms with Crippen molar-refractivity contribution in [3.63, 3.8) is 0 Å². The first-order valence-electron chi connectivity index (χ1n) is 11.3. The molecule has 0 saturated carbocycles. The molecule has 1 aliphatic rings. The van der Waals surface area contributed by atoms with Gasteiger partial charge in [0, 0.05) is 13.1 Å². The maximum atomic E-state index is 13.7. The lowest BCUT2D eigenvalue weighted by atomic mass is 10.2. The normalized spacial score (nSPS) is 15.1. The summed E-state index contributed by atoms with van der Waals surface area (Å²) >= 11 is 0. The highest BCUT2D eigenvalue weighted by molar-refractivity contribution is 5.93. The van der Waals surface area contributed by atoms with Crippen LogP contribution in [0.25, 0.3) is 16.9 Å². The topological polar surface area (TPSA) is 108 Å². The van der Waals surface area contributed by atoms with E-state index >= 15 is 0 Å². The van der Waals surface area contributed by atoms with E-state index < -0.39 is 0 Å². The molecule has 0 unspecified atom stereocenters. The Hall–Kier alpha value is -4.58. The first-order chi connectivity index (χ1) is 17.1. The van der Waals surface area contributed by atoms with Crippen molar-refractivity contribution < 1.29 is 9.53 Å². The van der Waals surface area contributed by atoms with Gasteiger partial charge in [0.15, 0.2) is 11.5 Å². The van der Waals surface area contributed by atoms with E-state index in [1.54, 1.807) is 16.4 Å². The van der Waals surface area contributed by atoms with Crippen molar-refractivity contribution in [1.82, 2.24) is 24.0 Å². The number of hydrogen-bond acceptors (Lipinski definition) is 6. The SMILES string of the molecule is CC#CC(=O)N1CC[C@@H](n2c(=O)n(-c3ccc(COc4ccccc4)cc3)c3c(N)ncnc32)C1. The van der Waals surface area contributed by atoms with Crippen LogP contribution in [0.2, 0.25) is 0 Å². The fourth-order valence-electron chi connectivity index (χ4n) is 4.38. The first kappa shape index (κ1) is 22.2. The fraction of sp³-hybridized carbons (Fsp3) is 0.231. The monoisotopic (exact) mass is 468 g/mol. The van der Waals surface area contributed by atoms with Gasteiger partial charge in [-0.1, -0.05) is 36.3 Å². The Kier molecular flexibility index (Phi) is 5.94. The van der Waals surface area contributed by atoms with Crippen molar-refractivity contribution in [2.75, 3.05) is 18.8 Å². The molecule has 35 heavy (non-hydrogen) atoms. The Morgan fingerprint density at radius 3 is 2.66 bits per heavy atom. The minimum absolute atomic E-state index is 0.213. The maximum absolute atomic E-state index is 13.7. The third kappa shape index (κ3) is 4.22. The lowest BCUT2D eigenvalue weighted by molar-refractivity contribution is -0.124. The molecule has 1 fully saturated rings. The predicted molar refractivity (Wildman–Crippen MR) is 132 cm³/mol. The zero-order chi connectivity index (χ0) is 24.4. The highest BCUT2D eigenvalue weighted by atomic mass is 16.5. The Balaban J connectivity index is 1.48. The van der Waals surface area contributed by atoms with Crippen molar-refractivity contribution in [1.29, 1.82) is 0 Å². The van der Waals surface area contributed by atoms with Crippen molar-refractivity contribution in [2.24, 2.45) is 0 Å². The van der Waals surface area contributed by atoms with Gasteiger partial charge in [0.2, 0.25) is 0 Å². The number of imidazole rings is 1. The molecule has 2 N–H and O–H groups in total. The molecule has 1 aliphatic heterocycles. The fourth-order valence-corrected chi connectivity index (χ4v) is 4.38. The van der Waals surface area contributed by atoms with Gasteiger partial charge in [0.25, 0.3) is 5.91 Å². The third-order valence-corrected chi connectivity index (χ3v) is 6.07. The molecule has 0 aliphatic carbocycles. The molecule has 0 spiro atoms. The second kappa shape index (κ2) is 9.35. The second-order valence-corrected chi connectivity index (χ2v) is 8.26. The lowest BCUT2D eigenvalue weighted by Crippen LogP contribution is -2.31. The van der Waals surface area contributed by atoms with Crippen LogP contribution in [-0.4, -0.2) is 43.0 Å². The van der Waals surface area contributed by atoms with Gasteiger partial charge >= 0.3 is 5.69 Å². The summed E-state index contributed by atoms with van der Waals surface area (Å²) in [7, 11) is 0. The molecule has 5 rings (SSSR count). The summed E-state index contributed by atoms with van der Waals surface area (Å²) in [5, 5.41) is 0. The highest BCUT2D eigenvalue weighted by Crippen LogP contribution is 2.27. The molecular weight excluding hydrogens is 444 g/mol. The second-order valence-electron chi connectivity index (χ2n) is 8.26. The van der Waals surface area contributed by atoms with Crippen LogP contribution in [-0.2, 0) is 11.4 Å². The average Bonchev–Trinajstić information content (AvgIpc) is 3.47. The number of nitrogens with two attached hydrogens (primary N) is 1. The average molecular weight is 469 g/mol. The predicted octanol–water partition coefficient (Wildman–Crippen LogP) is 2.54. The zero-order valence-corrected chi connectivity index (χ0v) is 19.2. The van der Waals surface area contributed by atoms with Gasteiger partial charge in [-0.3, -0.25) is 13.9 Å². The van der Waals surface area contributed by atoms with Crippen LogP contribution in [0.1, 0.15) is 24.9 Å². The van der Waals surface area contributed by atoms with Gasteiger partial charge in [-0.05, 0) is 49.1 Å². The highest BCUT2D eigenvalue weighted by Gasteiger charge is 2.31. The van der Waals surface area contributed by atoms with E-state index in [0.717, 1.165) is 11.3 Å². The van der Waals surface area contributed by atoms with Crippen LogP contribution >= 0.6 is 0 Å². The molecule has 1 atom stereocenters. The molecule has 176 valence electrons. The number of nitrogen functional groups attached to an aromatic ring is 1. The van der Waals surface area contributed by atoms with Gasteiger partial charge < -0.3 is 15.4 Å². The largest absolute Gasteiger partial charge is 0.489 e. The lowest BCUT2D eigenvalue weighted by Gasteiger charge is -2.14. The van der Waals surface area contributed by atoms with E-state index in [2.05, 4.69) is 21.8 Å². The number of likely N-dealkylation sites (tertiary alicyclic amines) is 1. The van der Waals surface area contributed by atoms with E-state index in [1.807, 2.05) is 54.6 Å². The van der Waals surface area contributed by atoms with Crippen LogP contribution in [0.4, 0.5) is 5.82 Å². The molecule has 0 bridgehead atoms. The number of carbonyl (C=O) groups is 1. The number of rotatable bonds is 5. The van der Waals surface area contributed by atoms with Crippen molar-refractivity contribution >= 4 is 22.9 Å². The number of carbonyl (C=O) groups excluding carboxylic acids is 1. The number of fused-ring (bicyclic) bond motifs is 1. The quantitative estimate of drug-likeness (QED) is 0.451. The number of benzene rings is 2. The Morgan fingerprint density at radius 2 is 1.91 bits per heavy atom. The summed E-state index contributed by atoms with van der Waals surface area (Å²) in [6.07, 6.45) is 1.97. The molecule has 4 aromatic rings. The standard InChI is InChI=1S/C26H24N6O3/c1-2-6-22(33)30-14-13-20(15-30)32-25-23(24(27)28-17-29-25)31(26(32)34)19-11-9-18(10-12-19)16-35-21-7-4-3-5-8-21/h3-5,7-12,17,20H,13-16H2,1H3,(H2,27,28,29)/t20-/m1/s1. The molecule has 2 aromatic heterocycles. The Labute approximate surface area is 201 Å². The van der Waals surface area contributed by atoms with Crippen LogP contribution < -0.4 is 16.2 Å². The molecule has 1 amide bonds. The van der Waals surface area contributed by atoms with Crippen LogP contribution in [0, 0.1) is 11.8 Å². The Morgan fingerprint density at radius 1 is 1.14 bits per heavy atom. The molecule has 1 saturated heterocycles. The minimum atomic E-state index is -0.277. The molecule has 9 nitrogen and oxygen atoms in total. The number of para-hydroxylation sites is 1. The first-order valence-corrected chi connectivity index (χ1v) is 11.3. The van der Waals surface area contributed by atoms with Crippen molar-refractivity contribution in [3.8, 4) is 23.3 Å². The molecule has 3 heterocycles. The number of aromatic nitrogens is 4. The van der Waals surface area contributed by atoms with Gasteiger partial charge in [-0.25, -0.2) is 14.8 Å². The summed E-state index contributed by atoms with van der Waals surface area (Å²) < 4.78 is 8.96. The smallest absolute Gasteiger partial charge is 0.335 e. The van der Waals surface area contributed by atoms with Crippen molar-refractivity contribution in [3.05, 3.63) is 77.0 Å². The maximum Gasteiger partial charge on any atom is 0.335 e. The van der Waals surface area contributed by atoms with Crippen molar-refractivity contribution in [2.45, 2.75) is 26.0 Å². The third-order valence-electron chi connectivity index (χ3n) is 6.07. The summed E-state index contributed by atoms with van der Waals surface area (Å²) in [4.78, 5) is 36.1. The number of anilines is 1. The number of hydrogen-bond donors (Lipinski definition) is 1. The van der Waals surface area contributed by atoms with E-state index in [1.165, 1.54) is 10.9 Å². The van der Waals surface area contributed by atoms with Crippen LogP contribution in [0.5, 0.6) is 5.75 Å². The molecular formula is C26H24N6O3. The molecule has 9 heteroatoms. The van der Waals surface area contributed by atoms with E-state index in [9.17, 15) is 9.59 Å². The Bertz CT molecular complexity index is 1500. The van der Waals surface area contributed by atoms with Crippen LogP contribution in [0.15, 0.2) is 65.7 Å².